The fraction of sp³-hybridized carbons (Fsp3) is 1.00. The van der Waals surface area contributed by atoms with Gasteiger partial charge < -0.3 is 22.5 Å². The highest BCUT2D eigenvalue weighted by molar-refractivity contribution is 4.65. The summed E-state index contributed by atoms with van der Waals surface area (Å²) < 4.78 is 0. The lowest BCUT2D eigenvalue weighted by Gasteiger charge is -2.18. The first-order chi connectivity index (χ1) is 6.85. The zero-order valence-electron chi connectivity index (χ0n) is 8.76. The number of rotatable bonds is 10. The van der Waals surface area contributed by atoms with E-state index in [0.717, 1.165) is 26.2 Å². The summed E-state index contributed by atoms with van der Waals surface area (Å²) in [5, 5.41) is 9.65. The zero-order chi connectivity index (χ0) is 10.6. The molecule has 0 aliphatic carbocycles. The van der Waals surface area contributed by atoms with Gasteiger partial charge in [-0.3, -0.25) is 10.6 Å². The lowest BCUT2D eigenvalue weighted by atomic mass is 10.4. The molecule has 9 N–H and O–H groups in total. The Labute approximate surface area is 86.0 Å². The minimum atomic E-state index is 0.151. The van der Waals surface area contributed by atoms with Gasteiger partial charge in [0.15, 0.2) is 0 Å². The van der Waals surface area contributed by atoms with Crippen molar-refractivity contribution in [2.45, 2.75) is 6.17 Å². The van der Waals surface area contributed by atoms with E-state index in [4.69, 9.17) is 17.2 Å². The minimum absolute atomic E-state index is 0.151. The molecule has 0 saturated carbocycles. The second-order valence-corrected chi connectivity index (χ2v) is 3.02. The van der Waals surface area contributed by atoms with E-state index in [1.165, 1.54) is 0 Å². The van der Waals surface area contributed by atoms with E-state index in [1.54, 1.807) is 0 Å². The molecule has 0 fully saturated rings. The van der Waals surface area contributed by atoms with Gasteiger partial charge in [0.2, 0.25) is 0 Å². The lowest BCUT2D eigenvalue weighted by Crippen LogP contribution is -2.50. The van der Waals surface area contributed by atoms with Crippen LogP contribution in [0.1, 0.15) is 0 Å². The quantitative estimate of drug-likeness (QED) is 0.166. The van der Waals surface area contributed by atoms with Gasteiger partial charge in [0.05, 0.1) is 6.17 Å². The Balaban J connectivity index is 3.24. The van der Waals surface area contributed by atoms with Crippen LogP contribution in [0.4, 0.5) is 0 Å². The van der Waals surface area contributed by atoms with Crippen molar-refractivity contribution in [1.82, 2.24) is 16.0 Å². The van der Waals surface area contributed by atoms with E-state index in [-0.39, 0.29) is 6.17 Å². The van der Waals surface area contributed by atoms with Gasteiger partial charge in [-0.25, -0.2) is 0 Å². The van der Waals surface area contributed by atoms with Crippen LogP contribution in [0.3, 0.4) is 0 Å². The van der Waals surface area contributed by atoms with Gasteiger partial charge >= 0.3 is 0 Å². The highest BCUT2D eigenvalue weighted by Gasteiger charge is 2.01. The van der Waals surface area contributed by atoms with Crippen LogP contribution in [0.25, 0.3) is 0 Å². The molecule has 0 radical (unpaired) electrons. The number of hydrogen-bond donors (Lipinski definition) is 6. The molecule has 0 aromatic carbocycles. The highest BCUT2D eigenvalue weighted by atomic mass is 15.1. The van der Waals surface area contributed by atoms with Crippen LogP contribution in [-0.4, -0.2) is 52.0 Å². The maximum atomic E-state index is 5.55. The van der Waals surface area contributed by atoms with Crippen molar-refractivity contribution >= 4 is 0 Å². The third-order valence-corrected chi connectivity index (χ3v) is 1.78. The van der Waals surface area contributed by atoms with Crippen molar-refractivity contribution in [3.63, 3.8) is 0 Å². The van der Waals surface area contributed by atoms with Crippen LogP contribution in [-0.2, 0) is 0 Å². The first kappa shape index (κ1) is 13.8. The third-order valence-electron chi connectivity index (χ3n) is 1.78. The highest BCUT2D eigenvalue weighted by Crippen LogP contribution is 1.71. The number of nitrogens with one attached hydrogen (secondary N) is 3. The summed E-state index contributed by atoms with van der Waals surface area (Å²) >= 11 is 0. The second-order valence-electron chi connectivity index (χ2n) is 3.02. The fourth-order valence-corrected chi connectivity index (χ4v) is 1.06. The van der Waals surface area contributed by atoms with Crippen LogP contribution < -0.4 is 33.2 Å². The van der Waals surface area contributed by atoms with Gasteiger partial charge in [0.1, 0.15) is 0 Å². The monoisotopic (exact) mass is 204 g/mol. The van der Waals surface area contributed by atoms with Crippen molar-refractivity contribution in [3.05, 3.63) is 0 Å². The van der Waals surface area contributed by atoms with Crippen LogP contribution in [0.5, 0.6) is 0 Å². The topological polar surface area (TPSA) is 114 Å². The summed E-state index contributed by atoms with van der Waals surface area (Å²) in [6.07, 6.45) is 0.151. The molecular weight excluding hydrogens is 180 g/mol. The molecule has 0 aliphatic heterocycles. The first-order valence-electron chi connectivity index (χ1n) is 5.12. The summed E-state index contributed by atoms with van der Waals surface area (Å²) in [5.41, 5.74) is 16.3. The molecule has 6 nitrogen and oxygen atoms in total. The molecule has 1 unspecified atom stereocenters. The van der Waals surface area contributed by atoms with E-state index >= 15 is 0 Å². The molecule has 0 saturated heterocycles. The number of nitrogens with two attached hydrogens (primary N) is 3. The summed E-state index contributed by atoms with van der Waals surface area (Å²) in [5.74, 6) is 0. The maximum absolute atomic E-state index is 5.55. The Morgan fingerprint density at radius 2 is 1.43 bits per heavy atom. The molecule has 0 bridgehead atoms. The standard InChI is InChI=1S/C8H24N6/c9-1-3-12-5-6-14-8(7-11)13-4-2-10/h8,12-14H,1-7,9-11H2. The molecule has 0 heterocycles. The first-order valence-corrected chi connectivity index (χ1v) is 5.12. The molecule has 0 amide bonds. The van der Waals surface area contributed by atoms with Crippen LogP contribution in [0.15, 0.2) is 0 Å². The predicted molar refractivity (Wildman–Crippen MR) is 59.8 cm³/mol. The SMILES string of the molecule is NCCNCCNC(CN)NCCN. The lowest BCUT2D eigenvalue weighted by molar-refractivity contribution is 0.433. The van der Waals surface area contributed by atoms with Gasteiger partial charge in [-0.15, -0.1) is 0 Å². The van der Waals surface area contributed by atoms with Crippen molar-refractivity contribution in [3.8, 4) is 0 Å². The fourth-order valence-electron chi connectivity index (χ4n) is 1.06. The Morgan fingerprint density at radius 3 is 2.00 bits per heavy atom. The van der Waals surface area contributed by atoms with Crippen LogP contribution >= 0.6 is 0 Å². The molecule has 1 atom stereocenters. The molecule has 0 aromatic heterocycles. The van der Waals surface area contributed by atoms with E-state index in [1.807, 2.05) is 0 Å². The molecule has 14 heavy (non-hydrogen) atoms. The van der Waals surface area contributed by atoms with Gasteiger partial charge in [0.25, 0.3) is 0 Å². The third kappa shape index (κ3) is 8.36. The molecule has 0 aromatic rings. The molecule has 86 valence electrons. The summed E-state index contributed by atoms with van der Waals surface area (Å²) in [6.45, 7) is 5.28. The van der Waals surface area contributed by atoms with Crippen molar-refractivity contribution < 1.29 is 0 Å². The molecule has 0 rings (SSSR count). The largest absolute Gasteiger partial charge is 0.329 e. The van der Waals surface area contributed by atoms with E-state index in [0.29, 0.717) is 19.6 Å². The molecule has 0 spiro atoms. The minimum Gasteiger partial charge on any atom is -0.329 e. The van der Waals surface area contributed by atoms with E-state index in [2.05, 4.69) is 16.0 Å². The van der Waals surface area contributed by atoms with Gasteiger partial charge in [-0.1, -0.05) is 0 Å². The van der Waals surface area contributed by atoms with Crippen LogP contribution in [0.2, 0.25) is 0 Å². The van der Waals surface area contributed by atoms with Gasteiger partial charge in [0, 0.05) is 45.8 Å². The van der Waals surface area contributed by atoms with Crippen molar-refractivity contribution in [2.75, 3.05) is 45.8 Å². The Bertz CT molecular complexity index is 110. The van der Waals surface area contributed by atoms with Crippen LogP contribution in [0, 0.1) is 0 Å². The normalized spacial score (nSPS) is 13.1. The van der Waals surface area contributed by atoms with Crippen molar-refractivity contribution in [1.29, 1.82) is 0 Å². The Kier molecular flexibility index (Phi) is 10.7. The average molecular weight is 204 g/mol. The maximum Gasteiger partial charge on any atom is 0.0699 e. The summed E-state index contributed by atoms with van der Waals surface area (Å²) in [6, 6.07) is 0. The average Bonchev–Trinajstić information content (AvgIpc) is 2.22. The van der Waals surface area contributed by atoms with Crippen molar-refractivity contribution in [2.24, 2.45) is 17.2 Å². The summed E-state index contributed by atoms with van der Waals surface area (Å²) in [4.78, 5) is 0. The van der Waals surface area contributed by atoms with Gasteiger partial charge in [-0.05, 0) is 0 Å². The smallest absolute Gasteiger partial charge is 0.0699 e. The predicted octanol–water partition coefficient (Wildman–Crippen LogP) is -3.04. The Morgan fingerprint density at radius 1 is 0.786 bits per heavy atom. The van der Waals surface area contributed by atoms with E-state index < -0.39 is 0 Å². The Hall–Kier alpha value is -0.240. The molecular formula is C8H24N6. The number of hydrogen-bond acceptors (Lipinski definition) is 6. The summed E-state index contributed by atoms with van der Waals surface area (Å²) in [7, 11) is 0. The van der Waals surface area contributed by atoms with Gasteiger partial charge in [-0.2, -0.15) is 0 Å². The molecule has 6 heteroatoms. The van der Waals surface area contributed by atoms with E-state index in [9.17, 15) is 0 Å². The second kappa shape index (κ2) is 10.8. The zero-order valence-corrected chi connectivity index (χ0v) is 8.76. The molecule has 0 aliphatic rings.